The number of rotatable bonds is 2. The monoisotopic (exact) mass is 335 g/mol. The quantitative estimate of drug-likeness (QED) is 0.754. The van der Waals surface area contributed by atoms with E-state index in [1.165, 1.54) is 0 Å². The van der Waals surface area contributed by atoms with Crippen molar-refractivity contribution in [2.45, 2.75) is 13.8 Å². The van der Waals surface area contributed by atoms with Crippen LogP contribution in [-0.2, 0) is 4.79 Å². The Morgan fingerprint density at radius 2 is 1.54 bits per heavy atom. The SMILES string of the molecule is CC1(C)C=C2C(c3ccccc3)=C(c3ccc(Cl)cc3)C(=O)N2C1. The Morgan fingerprint density at radius 1 is 0.917 bits per heavy atom. The van der Waals surface area contributed by atoms with Gasteiger partial charge in [0.2, 0.25) is 0 Å². The van der Waals surface area contributed by atoms with Crippen molar-refractivity contribution in [3.8, 4) is 0 Å². The number of fused-ring (bicyclic) bond motifs is 1. The summed E-state index contributed by atoms with van der Waals surface area (Å²) < 4.78 is 0. The topological polar surface area (TPSA) is 20.3 Å². The average molecular weight is 336 g/mol. The molecule has 0 saturated carbocycles. The summed E-state index contributed by atoms with van der Waals surface area (Å²) in [6.07, 6.45) is 2.22. The standard InChI is InChI=1S/C21H18ClNO/c1-21(2)12-17-18(14-6-4-3-5-7-14)19(20(24)23(17)13-21)15-8-10-16(22)11-9-15/h3-12H,13H2,1-2H3. The third-order valence-corrected chi connectivity index (χ3v) is 4.80. The zero-order valence-electron chi connectivity index (χ0n) is 13.7. The summed E-state index contributed by atoms with van der Waals surface area (Å²) in [5.74, 6) is 0.0769. The van der Waals surface area contributed by atoms with Crippen LogP contribution >= 0.6 is 11.6 Å². The maximum atomic E-state index is 13.1. The molecule has 0 atom stereocenters. The highest BCUT2D eigenvalue weighted by Crippen LogP contribution is 2.47. The molecule has 120 valence electrons. The first-order valence-corrected chi connectivity index (χ1v) is 8.45. The van der Waals surface area contributed by atoms with Gasteiger partial charge in [-0.15, -0.1) is 0 Å². The molecule has 2 aromatic carbocycles. The van der Waals surface area contributed by atoms with Gasteiger partial charge in [-0.05, 0) is 23.3 Å². The zero-order chi connectivity index (χ0) is 16.9. The number of amides is 1. The minimum Gasteiger partial charge on any atom is -0.307 e. The molecule has 2 aliphatic rings. The van der Waals surface area contributed by atoms with E-state index in [2.05, 4.69) is 32.1 Å². The molecule has 2 nitrogen and oxygen atoms in total. The number of allylic oxidation sites excluding steroid dienone is 1. The predicted octanol–water partition coefficient (Wildman–Crippen LogP) is 5.02. The molecule has 0 bridgehead atoms. The molecule has 0 aliphatic carbocycles. The summed E-state index contributed by atoms with van der Waals surface area (Å²) >= 11 is 6.02. The summed E-state index contributed by atoms with van der Waals surface area (Å²) in [5.41, 5.74) is 4.80. The summed E-state index contributed by atoms with van der Waals surface area (Å²) in [5, 5.41) is 0.673. The Kier molecular flexibility index (Phi) is 3.40. The molecule has 0 unspecified atom stereocenters. The first-order valence-electron chi connectivity index (χ1n) is 8.07. The van der Waals surface area contributed by atoms with Crippen molar-refractivity contribution >= 4 is 28.7 Å². The van der Waals surface area contributed by atoms with Crippen molar-refractivity contribution in [1.82, 2.24) is 4.90 Å². The van der Waals surface area contributed by atoms with Crippen LogP contribution in [-0.4, -0.2) is 17.4 Å². The van der Waals surface area contributed by atoms with E-state index in [1.807, 2.05) is 47.4 Å². The van der Waals surface area contributed by atoms with Crippen LogP contribution in [0.5, 0.6) is 0 Å². The maximum Gasteiger partial charge on any atom is 0.259 e. The van der Waals surface area contributed by atoms with E-state index in [1.54, 1.807) is 0 Å². The Morgan fingerprint density at radius 3 is 2.21 bits per heavy atom. The normalized spacial score (nSPS) is 18.9. The predicted molar refractivity (Wildman–Crippen MR) is 98.3 cm³/mol. The smallest absolute Gasteiger partial charge is 0.259 e. The van der Waals surface area contributed by atoms with Gasteiger partial charge in [-0.25, -0.2) is 0 Å². The lowest BCUT2D eigenvalue weighted by Gasteiger charge is -2.19. The highest BCUT2D eigenvalue weighted by atomic mass is 35.5. The van der Waals surface area contributed by atoms with Gasteiger partial charge in [0.1, 0.15) is 0 Å². The van der Waals surface area contributed by atoms with Crippen LogP contribution in [0.2, 0.25) is 5.02 Å². The van der Waals surface area contributed by atoms with Crippen LogP contribution in [0.3, 0.4) is 0 Å². The lowest BCUT2D eigenvalue weighted by atomic mass is 9.90. The Bertz CT molecular complexity index is 876. The van der Waals surface area contributed by atoms with Gasteiger partial charge in [0.15, 0.2) is 0 Å². The number of halogens is 1. The second-order valence-electron chi connectivity index (χ2n) is 7.03. The highest BCUT2D eigenvalue weighted by Gasteiger charge is 2.43. The Hall–Kier alpha value is -2.32. The number of carbonyl (C=O) groups excluding carboxylic acids is 1. The van der Waals surface area contributed by atoms with Crippen LogP contribution in [0.25, 0.3) is 11.1 Å². The minimum atomic E-state index is -0.00342. The molecule has 0 N–H and O–H groups in total. The summed E-state index contributed by atoms with van der Waals surface area (Å²) in [7, 11) is 0. The Labute approximate surface area is 147 Å². The van der Waals surface area contributed by atoms with E-state index in [0.29, 0.717) is 11.6 Å². The van der Waals surface area contributed by atoms with Gasteiger partial charge in [0.05, 0.1) is 5.57 Å². The highest BCUT2D eigenvalue weighted by molar-refractivity contribution is 6.34. The molecular formula is C21H18ClNO. The third-order valence-electron chi connectivity index (χ3n) is 4.54. The molecule has 24 heavy (non-hydrogen) atoms. The molecule has 0 saturated heterocycles. The number of hydrogen-bond acceptors (Lipinski definition) is 1. The molecule has 0 spiro atoms. The van der Waals surface area contributed by atoms with Crippen molar-refractivity contribution in [2.24, 2.45) is 5.41 Å². The third kappa shape index (κ3) is 2.38. The van der Waals surface area contributed by atoms with Crippen molar-refractivity contribution in [3.05, 3.63) is 82.5 Å². The average Bonchev–Trinajstić information content (AvgIpc) is 3.01. The molecule has 2 aromatic rings. The van der Waals surface area contributed by atoms with Gasteiger partial charge in [-0.1, -0.05) is 74.0 Å². The first kappa shape index (κ1) is 15.2. The molecule has 4 rings (SSSR count). The van der Waals surface area contributed by atoms with Gasteiger partial charge in [0, 0.05) is 28.3 Å². The van der Waals surface area contributed by atoms with Crippen LogP contribution in [0, 0.1) is 5.41 Å². The molecule has 0 radical (unpaired) electrons. The fourth-order valence-electron chi connectivity index (χ4n) is 3.53. The number of benzene rings is 2. The Balaban J connectivity index is 1.97. The van der Waals surface area contributed by atoms with Gasteiger partial charge >= 0.3 is 0 Å². The number of nitrogens with zero attached hydrogens (tertiary/aromatic N) is 1. The van der Waals surface area contributed by atoms with E-state index in [0.717, 1.165) is 28.0 Å². The van der Waals surface area contributed by atoms with Crippen LogP contribution in [0.1, 0.15) is 25.0 Å². The molecule has 2 aliphatic heterocycles. The lowest BCUT2D eigenvalue weighted by Crippen LogP contribution is -2.28. The van der Waals surface area contributed by atoms with E-state index in [-0.39, 0.29) is 11.3 Å². The summed E-state index contributed by atoms with van der Waals surface area (Å²) in [6.45, 7) is 5.04. The van der Waals surface area contributed by atoms with Crippen LogP contribution in [0.15, 0.2) is 66.4 Å². The fourth-order valence-corrected chi connectivity index (χ4v) is 3.65. The maximum absolute atomic E-state index is 13.1. The van der Waals surface area contributed by atoms with E-state index in [9.17, 15) is 4.79 Å². The van der Waals surface area contributed by atoms with Crippen LogP contribution < -0.4 is 0 Å². The molecule has 1 amide bonds. The summed E-state index contributed by atoms with van der Waals surface area (Å²) in [6, 6.07) is 17.7. The largest absolute Gasteiger partial charge is 0.307 e. The fraction of sp³-hybridized carbons (Fsp3) is 0.190. The molecule has 3 heteroatoms. The second-order valence-corrected chi connectivity index (χ2v) is 7.47. The lowest BCUT2D eigenvalue weighted by molar-refractivity contribution is -0.122. The van der Waals surface area contributed by atoms with Crippen molar-refractivity contribution in [3.63, 3.8) is 0 Å². The molecular weight excluding hydrogens is 318 g/mol. The van der Waals surface area contributed by atoms with Crippen LogP contribution in [0.4, 0.5) is 0 Å². The van der Waals surface area contributed by atoms with Gasteiger partial charge in [-0.3, -0.25) is 4.79 Å². The van der Waals surface area contributed by atoms with E-state index < -0.39 is 0 Å². The van der Waals surface area contributed by atoms with Gasteiger partial charge in [0.25, 0.3) is 5.91 Å². The van der Waals surface area contributed by atoms with Gasteiger partial charge in [-0.2, -0.15) is 0 Å². The van der Waals surface area contributed by atoms with Crippen molar-refractivity contribution < 1.29 is 4.79 Å². The first-order chi connectivity index (χ1) is 11.5. The van der Waals surface area contributed by atoms with E-state index in [4.69, 9.17) is 11.6 Å². The number of hydrogen-bond donors (Lipinski definition) is 0. The van der Waals surface area contributed by atoms with E-state index >= 15 is 0 Å². The molecule has 0 aromatic heterocycles. The molecule has 0 fully saturated rings. The van der Waals surface area contributed by atoms with Crippen molar-refractivity contribution in [1.29, 1.82) is 0 Å². The summed E-state index contributed by atoms with van der Waals surface area (Å²) in [4.78, 5) is 15.0. The van der Waals surface area contributed by atoms with Gasteiger partial charge < -0.3 is 4.90 Å². The zero-order valence-corrected chi connectivity index (χ0v) is 14.5. The number of carbonyl (C=O) groups is 1. The molecule has 2 heterocycles. The second kappa shape index (κ2) is 5.35. The van der Waals surface area contributed by atoms with Crippen molar-refractivity contribution in [2.75, 3.05) is 6.54 Å². The minimum absolute atomic E-state index is 0.00342.